The monoisotopic (exact) mass is 264 g/mol. The van der Waals surface area contributed by atoms with Gasteiger partial charge in [-0.2, -0.15) is 4.98 Å². The van der Waals surface area contributed by atoms with Gasteiger partial charge in [0, 0.05) is 12.7 Å². The molecule has 0 unspecified atom stereocenters. The summed E-state index contributed by atoms with van der Waals surface area (Å²) < 4.78 is 23.1. The van der Waals surface area contributed by atoms with Crippen LogP contribution in [-0.2, 0) is 16.0 Å². The molecule has 19 heavy (non-hydrogen) atoms. The largest absolute Gasteiger partial charge is 0.377 e. The Bertz CT molecular complexity index is 595. The molecule has 1 aromatic carbocycles. The molecule has 0 atom stereocenters. The first-order valence-corrected chi connectivity index (χ1v) is 5.70. The normalized spacial score (nSPS) is 10.7. The highest BCUT2D eigenvalue weighted by Gasteiger charge is 2.13. The van der Waals surface area contributed by atoms with Crippen molar-refractivity contribution in [3.63, 3.8) is 0 Å². The van der Waals surface area contributed by atoms with Crippen LogP contribution >= 0.6 is 0 Å². The predicted molar refractivity (Wildman–Crippen MR) is 65.0 cm³/mol. The number of aryl methyl sites for hydroxylation is 1. The summed E-state index contributed by atoms with van der Waals surface area (Å²) in [6.07, 6.45) is 0.00911. The summed E-state index contributed by atoms with van der Waals surface area (Å²) in [5.41, 5.74) is 1.06. The number of aromatic nitrogens is 2. The van der Waals surface area contributed by atoms with Crippen molar-refractivity contribution in [1.29, 1.82) is 0 Å². The van der Waals surface area contributed by atoms with Crippen molar-refractivity contribution in [3.8, 4) is 11.4 Å². The first-order chi connectivity index (χ1) is 9.10. The van der Waals surface area contributed by atoms with Crippen LogP contribution in [0.3, 0.4) is 0 Å². The number of halogens is 1. The van der Waals surface area contributed by atoms with Crippen LogP contribution < -0.4 is 0 Å². The number of hydrogen-bond donors (Lipinski definition) is 0. The summed E-state index contributed by atoms with van der Waals surface area (Å²) in [5, 5.41) is 3.72. The molecule has 0 fully saturated rings. The Morgan fingerprint density at radius 2 is 2.26 bits per heavy atom. The van der Waals surface area contributed by atoms with E-state index in [0.717, 1.165) is 0 Å². The quantitative estimate of drug-likeness (QED) is 0.825. The maximum atomic E-state index is 13.4. The lowest BCUT2D eigenvalue weighted by atomic mass is 10.1. The fraction of sp³-hybridized carbons (Fsp3) is 0.308. The van der Waals surface area contributed by atoms with Crippen molar-refractivity contribution in [3.05, 3.63) is 35.5 Å². The molecule has 0 saturated carbocycles. The van der Waals surface area contributed by atoms with Crippen molar-refractivity contribution in [2.75, 3.05) is 13.7 Å². The van der Waals surface area contributed by atoms with Gasteiger partial charge in [0.15, 0.2) is 5.78 Å². The molecule has 0 aliphatic rings. The number of carbonyl (C=O) groups is 1. The van der Waals surface area contributed by atoms with Gasteiger partial charge in [-0.1, -0.05) is 17.3 Å². The number of rotatable bonds is 5. The van der Waals surface area contributed by atoms with Crippen molar-refractivity contribution < 1.29 is 18.4 Å². The summed E-state index contributed by atoms with van der Waals surface area (Å²) in [5.74, 6) is -0.0377. The minimum atomic E-state index is -0.334. The molecule has 0 saturated heterocycles. The van der Waals surface area contributed by atoms with E-state index in [1.165, 1.54) is 13.2 Å². The summed E-state index contributed by atoms with van der Waals surface area (Å²) in [4.78, 5) is 15.4. The van der Waals surface area contributed by atoms with E-state index >= 15 is 0 Å². The van der Waals surface area contributed by atoms with E-state index < -0.39 is 0 Å². The average Bonchev–Trinajstić information content (AvgIpc) is 2.81. The summed E-state index contributed by atoms with van der Waals surface area (Å²) in [6, 6.07) is 4.67. The van der Waals surface area contributed by atoms with E-state index in [4.69, 9.17) is 9.26 Å². The van der Waals surface area contributed by atoms with E-state index in [9.17, 15) is 9.18 Å². The van der Waals surface area contributed by atoms with Gasteiger partial charge in [-0.05, 0) is 18.6 Å². The summed E-state index contributed by atoms with van der Waals surface area (Å²) >= 11 is 0. The zero-order valence-electron chi connectivity index (χ0n) is 10.6. The molecule has 0 bridgehead atoms. The van der Waals surface area contributed by atoms with Crippen LogP contribution in [0.1, 0.15) is 11.5 Å². The first-order valence-electron chi connectivity index (χ1n) is 5.70. The number of hydrogen-bond acceptors (Lipinski definition) is 5. The van der Waals surface area contributed by atoms with E-state index in [2.05, 4.69) is 10.1 Å². The third-order valence-electron chi connectivity index (χ3n) is 2.55. The number of carbonyl (C=O) groups excluding carboxylic acids is 1. The predicted octanol–water partition coefficient (Wildman–Crippen LogP) is 1.94. The molecule has 0 N–H and O–H groups in total. The Kier molecular flexibility index (Phi) is 4.01. The zero-order valence-corrected chi connectivity index (χ0v) is 10.6. The SMILES string of the molecule is COCC(=O)Cc1nc(-c2ccc(C)c(F)c2)no1. The number of ketones is 1. The maximum absolute atomic E-state index is 13.4. The summed E-state index contributed by atoms with van der Waals surface area (Å²) in [6.45, 7) is 1.67. The van der Waals surface area contributed by atoms with Crippen LogP contribution in [0, 0.1) is 12.7 Å². The number of ether oxygens (including phenoxy) is 1. The number of nitrogens with zero attached hydrogens (tertiary/aromatic N) is 2. The van der Waals surface area contributed by atoms with E-state index in [0.29, 0.717) is 11.1 Å². The van der Waals surface area contributed by atoms with E-state index in [1.807, 2.05) is 0 Å². The molecule has 1 aromatic heterocycles. The lowest BCUT2D eigenvalue weighted by Crippen LogP contribution is -2.09. The van der Waals surface area contributed by atoms with Crippen molar-refractivity contribution in [2.45, 2.75) is 13.3 Å². The molecule has 0 aliphatic heterocycles. The van der Waals surface area contributed by atoms with Gasteiger partial charge in [-0.15, -0.1) is 0 Å². The lowest BCUT2D eigenvalue weighted by Gasteiger charge is -1.97. The maximum Gasteiger partial charge on any atom is 0.234 e. The van der Waals surface area contributed by atoms with Crippen LogP contribution in [0.4, 0.5) is 4.39 Å². The molecule has 5 nitrogen and oxygen atoms in total. The van der Waals surface area contributed by atoms with Crippen molar-refractivity contribution in [1.82, 2.24) is 10.1 Å². The second kappa shape index (κ2) is 5.71. The van der Waals surface area contributed by atoms with Gasteiger partial charge in [0.25, 0.3) is 0 Å². The number of methoxy groups -OCH3 is 1. The zero-order chi connectivity index (χ0) is 13.8. The van der Waals surface area contributed by atoms with Crippen LogP contribution in [0.25, 0.3) is 11.4 Å². The molecule has 2 rings (SSSR count). The third kappa shape index (κ3) is 3.23. The topological polar surface area (TPSA) is 65.2 Å². The fourth-order valence-electron chi connectivity index (χ4n) is 1.56. The highest BCUT2D eigenvalue weighted by atomic mass is 19.1. The van der Waals surface area contributed by atoms with Crippen LogP contribution in [0.5, 0.6) is 0 Å². The Morgan fingerprint density at radius 1 is 1.47 bits per heavy atom. The van der Waals surface area contributed by atoms with Crippen molar-refractivity contribution >= 4 is 5.78 Å². The lowest BCUT2D eigenvalue weighted by molar-refractivity contribution is -0.122. The third-order valence-corrected chi connectivity index (χ3v) is 2.55. The van der Waals surface area contributed by atoms with E-state index in [-0.39, 0.29) is 36.3 Å². The molecule has 0 spiro atoms. The molecule has 1 heterocycles. The van der Waals surface area contributed by atoms with Gasteiger partial charge in [0.1, 0.15) is 12.4 Å². The van der Waals surface area contributed by atoms with Crippen molar-refractivity contribution in [2.24, 2.45) is 0 Å². The molecule has 100 valence electrons. The molecule has 6 heteroatoms. The Labute approximate surface area is 109 Å². The van der Waals surface area contributed by atoms with Gasteiger partial charge in [0.2, 0.25) is 11.7 Å². The van der Waals surface area contributed by atoms with Crippen LogP contribution in [0.2, 0.25) is 0 Å². The van der Waals surface area contributed by atoms with Gasteiger partial charge < -0.3 is 9.26 Å². The number of Topliss-reactive ketones (excluding diaryl/α,β-unsaturated/α-hetero) is 1. The minimum Gasteiger partial charge on any atom is -0.377 e. The molecule has 0 amide bonds. The standard InChI is InChI=1S/C13H13FN2O3/c1-8-3-4-9(5-11(8)14)13-15-12(19-16-13)6-10(17)7-18-2/h3-5H,6-7H2,1-2H3. The molecular weight excluding hydrogens is 251 g/mol. The second-order valence-corrected chi connectivity index (χ2v) is 4.12. The van der Waals surface area contributed by atoms with E-state index in [1.54, 1.807) is 19.1 Å². The molecule has 0 radical (unpaired) electrons. The Morgan fingerprint density at radius 3 is 2.95 bits per heavy atom. The van der Waals surface area contributed by atoms with Crippen LogP contribution in [-0.4, -0.2) is 29.6 Å². The highest BCUT2D eigenvalue weighted by molar-refractivity contribution is 5.81. The molecule has 0 aliphatic carbocycles. The number of benzene rings is 1. The van der Waals surface area contributed by atoms with Gasteiger partial charge >= 0.3 is 0 Å². The second-order valence-electron chi connectivity index (χ2n) is 4.12. The van der Waals surface area contributed by atoms with Gasteiger partial charge in [0.05, 0.1) is 6.42 Å². The minimum absolute atomic E-state index is 0.00310. The first kappa shape index (κ1) is 13.4. The smallest absolute Gasteiger partial charge is 0.234 e. The van der Waals surface area contributed by atoms with Crippen LogP contribution in [0.15, 0.2) is 22.7 Å². The van der Waals surface area contributed by atoms with Gasteiger partial charge in [-0.25, -0.2) is 4.39 Å². The van der Waals surface area contributed by atoms with Gasteiger partial charge in [-0.3, -0.25) is 4.79 Å². The highest BCUT2D eigenvalue weighted by Crippen LogP contribution is 2.19. The summed E-state index contributed by atoms with van der Waals surface area (Å²) in [7, 11) is 1.44. The molecular formula is C13H13FN2O3. The average molecular weight is 264 g/mol. The Balaban J connectivity index is 2.16. The fourth-order valence-corrected chi connectivity index (χ4v) is 1.56. The molecule has 2 aromatic rings. The Hall–Kier alpha value is -2.08.